The summed E-state index contributed by atoms with van der Waals surface area (Å²) in [5.74, 6) is 0. The zero-order chi connectivity index (χ0) is 10.1. The van der Waals surface area contributed by atoms with Gasteiger partial charge in [0.2, 0.25) is 0 Å². The number of β-amino-alcohol motifs (C(OH)–C–C–N with tert-alkyl or cyclic N) is 1. The van der Waals surface area contributed by atoms with E-state index in [0.29, 0.717) is 0 Å². The molecule has 1 aliphatic rings. The Balaban J connectivity index is 2.51. The third-order valence-corrected chi connectivity index (χ3v) is 2.77. The Morgan fingerprint density at radius 1 is 1.38 bits per heavy atom. The number of likely N-dealkylation sites (tertiary alicyclic amines) is 1. The lowest BCUT2D eigenvalue weighted by Crippen LogP contribution is -2.54. The number of rotatable bonds is 1. The SMILES string of the molecule is COC1CCN(C(C)(C)C)CC1O. The summed E-state index contributed by atoms with van der Waals surface area (Å²) in [6.07, 6.45) is 0.617. The Morgan fingerprint density at radius 3 is 2.38 bits per heavy atom. The number of hydrogen-bond donors (Lipinski definition) is 1. The molecule has 0 aromatic rings. The highest BCUT2D eigenvalue weighted by Crippen LogP contribution is 2.21. The van der Waals surface area contributed by atoms with Crippen LogP contribution in [0.5, 0.6) is 0 Å². The van der Waals surface area contributed by atoms with Crippen LogP contribution >= 0.6 is 0 Å². The summed E-state index contributed by atoms with van der Waals surface area (Å²) in [5.41, 5.74) is 0.152. The molecule has 3 nitrogen and oxygen atoms in total. The maximum absolute atomic E-state index is 9.74. The molecule has 1 N–H and O–H groups in total. The Kier molecular flexibility index (Phi) is 3.33. The van der Waals surface area contributed by atoms with Crippen LogP contribution in [0.4, 0.5) is 0 Å². The molecule has 1 saturated heterocycles. The maximum Gasteiger partial charge on any atom is 0.0928 e. The molecule has 0 aromatic heterocycles. The predicted molar refractivity (Wildman–Crippen MR) is 52.7 cm³/mol. The average molecular weight is 187 g/mol. The van der Waals surface area contributed by atoms with E-state index in [1.165, 1.54) is 0 Å². The molecule has 1 heterocycles. The minimum absolute atomic E-state index is 0.0265. The Hall–Kier alpha value is -0.120. The molecule has 1 aliphatic heterocycles. The molecule has 1 rings (SSSR count). The zero-order valence-electron chi connectivity index (χ0n) is 9.08. The van der Waals surface area contributed by atoms with Gasteiger partial charge in [0.05, 0.1) is 12.2 Å². The van der Waals surface area contributed by atoms with Gasteiger partial charge < -0.3 is 9.84 Å². The molecule has 0 saturated carbocycles. The van der Waals surface area contributed by atoms with Gasteiger partial charge in [-0.1, -0.05) is 0 Å². The second kappa shape index (κ2) is 3.95. The van der Waals surface area contributed by atoms with Crippen molar-refractivity contribution in [3.63, 3.8) is 0 Å². The molecule has 2 atom stereocenters. The van der Waals surface area contributed by atoms with Crippen LogP contribution in [0.2, 0.25) is 0 Å². The van der Waals surface area contributed by atoms with Gasteiger partial charge in [-0.05, 0) is 27.2 Å². The first kappa shape index (κ1) is 11.0. The first-order valence-corrected chi connectivity index (χ1v) is 4.91. The lowest BCUT2D eigenvalue weighted by atomic mass is 9.98. The van der Waals surface area contributed by atoms with Gasteiger partial charge in [0.15, 0.2) is 0 Å². The highest BCUT2D eigenvalue weighted by molar-refractivity contribution is 4.86. The minimum Gasteiger partial charge on any atom is -0.389 e. The van der Waals surface area contributed by atoms with E-state index in [-0.39, 0.29) is 17.7 Å². The minimum atomic E-state index is -0.335. The van der Waals surface area contributed by atoms with Crippen LogP contribution in [-0.2, 0) is 4.74 Å². The van der Waals surface area contributed by atoms with Gasteiger partial charge in [0.1, 0.15) is 0 Å². The molecule has 0 bridgehead atoms. The highest BCUT2D eigenvalue weighted by atomic mass is 16.5. The summed E-state index contributed by atoms with van der Waals surface area (Å²) >= 11 is 0. The number of ether oxygens (including phenoxy) is 1. The largest absolute Gasteiger partial charge is 0.389 e. The molecule has 0 spiro atoms. The van der Waals surface area contributed by atoms with Crippen LogP contribution in [0.15, 0.2) is 0 Å². The number of piperidine rings is 1. The summed E-state index contributed by atoms with van der Waals surface area (Å²) in [6, 6.07) is 0. The van der Waals surface area contributed by atoms with E-state index >= 15 is 0 Å². The summed E-state index contributed by atoms with van der Waals surface area (Å²) < 4.78 is 5.19. The fourth-order valence-corrected chi connectivity index (χ4v) is 1.79. The van der Waals surface area contributed by atoms with Crippen molar-refractivity contribution in [2.75, 3.05) is 20.2 Å². The summed E-state index contributed by atoms with van der Waals surface area (Å²) in [7, 11) is 1.67. The monoisotopic (exact) mass is 187 g/mol. The summed E-state index contributed by atoms with van der Waals surface area (Å²) in [6.45, 7) is 8.26. The lowest BCUT2D eigenvalue weighted by Gasteiger charge is -2.42. The van der Waals surface area contributed by atoms with Crippen molar-refractivity contribution < 1.29 is 9.84 Å². The fraction of sp³-hybridized carbons (Fsp3) is 1.00. The molecule has 0 amide bonds. The first-order valence-electron chi connectivity index (χ1n) is 4.91. The predicted octanol–water partition coefficient (Wildman–Crippen LogP) is 0.866. The zero-order valence-corrected chi connectivity index (χ0v) is 9.08. The van der Waals surface area contributed by atoms with E-state index in [1.807, 2.05) is 0 Å². The van der Waals surface area contributed by atoms with E-state index in [0.717, 1.165) is 19.5 Å². The number of nitrogens with zero attached hydrogens (tertiary/aromatic N) is 1. The number of aliphatic hydroxyl groups excluding tert-OH is 1. The number of aliphatic hydroxyl groups is 1. The van der Waals surface area contributed by atoms with Crippen molar-refractivity contribution in [1.82, 2.24) is 4.90 Å². The van der Waals surface area contributed by atoms with Crippen LogP contribution < -0.4 is 0 Å². The van der Waals surface area contributed by atoms with Gasteiger partial charge in [-0.3, -0.25) is 4.90 Å². The molecule has 2 unspecified atom stereocenters. The van der Waals surface area contributed by atoms with Crippen molar-refractivity contribution >= 4 is 0 Å². The van der Waals surface area contributed by atoms with Crippen molar-refractivity contribution in [3.05, 3.63) is 0 Å². The van der Waals surface area contributed by atoms with Crippen molar-refractivity contribution in [3.8, 4) is 0 Å². The van der Waals surface area contributed by atoms with Gasteiger partial charge in [-0.15, -0.1) is 0 Å². The van der Waals surface area contributed by atoms with E-state index < -0.39 is 0 Å². The van der Waals surface area contributed by atoms with Gasteiger partial charge >= 0.3 is 0 Å². The van der Waals surface area contributed by atoms with Crippen LogP contribution in [0, 0.1) is 0 Å². The van der Waals surface area contributed by atoms with Crippen molar-refractivity contribution in [1.29, 1.82) is 0 Å². The van der Waals surface area contributed by atoms with Crippen molar-refractivity contribution in [2.24, 2.45) is 0 Å². The van der Waals surface area contributed by atoms with E-state index in [4.69, 9.17) is 4.74 Å². The smallest absolute Gasteiger partial charge is 0.0928 e. The van der Waals surface area contributed by atoms with Gasteiger partial charge in [0, 0.05) is 25.7 Å². The Morgan fingerprint density at radius 2 is 2.00 bits per heavy atom. The first-order chi connectivity index (χ1) is 5.95. The van der Waals surface area contributed by atoms with Crippen LogP contribution in [0.1, 0.15) is 27.2 Å². The molecule has 3 heteroatoms. The molecule has 0 radical (unpaired) electrons. The molecule has 0 aromatic carbocycles. The third kappa shape index (κ3) is 2.66. The quantitative estimate of drug-likeness (QED) is 0.661. The molecule has 13 heavy (non-hydrogen) atoms. The molecular weight excluding hydrogens is 166 g/mol. The normalized spacial score (nSPS) is 32.1. The van der Waals surface area contributed by atoms with Gasteiger partial charge in [-0.2, -0.15) is 0 Å². The topological polar surface area (TPSA) is 32.7 Å². The molecular formula is C10H21NO2. The summed E-state index contributed by atoms with van der Waals surface area (Å²) in [4.78, 5) is 2.30. The van der Waals surface area contributed by atoms with Crippen LogP contribution in [0.25, 0.3) is 0 Å². The number of hydrogen-bond acceptors (Lipinski definition) is 3. The Bertz CT molecular complexity index is 165. The number of methoxy groups -OCH3 is 1. The second-order valence-corrected chi connectivity index (χ2v) is 4.75. The Labute approximate surface area is 80.7 Å². The third-order valence-electron chi connectivity index (χ3n) is 2.77. The van der Waals surface area contributed by atoms with Crippen LogP contribution in [0.3, 0.4) is 0 Å². The van der Waals surface area contributed by atoms with E-state index in [9.17, 15) is 5.11 Å². The molecule has 1 fully saturated rings. The summed E-state index contributed by atoms with van der Waals surface area (Å²) in [5, 5.41) is 9.74. The van der Waals surface area contributed by atoms with Gasteiger partial charge in [-0.25, -0.2) is 0 Å². The fourth-order valence-electron chi connectivity index (χ4n) is 1.79. The van der Waals surface area contributed by atoms with Gasteiger partial charge in [0.25, 0.3) is 0 Å². The van der Waals surface area contributed by atoms with Crippen molar-refractivity contribution in [2.45, 2.75) is 44.9 Å². The highest BCUT2D eigenvalue weighted by Gasteiger charge is 2.32. The molecule has 0 aliphatic carbocycles. The average Bonchev–Trinajstić information content (AvgIpc) is 2.02. The maximum atomic E-state index is 9.74. The lowest BCUT2D eigenvalue weighted by molar-refractivity contribution is -0.0779. The van der Waals surface area contributed by atoms with E-state index in [2.05, 4.69) is 25.7 Å². The second-order valence-electron chi connectivity index (χ2n) is 4.75. The molecule has 78 valence electrons. The van der Waals surface area contributed by atoms with Crippen LogP contribution in [-0.4, -0.2) is 48.0 Å². The standard InChI is InChI=1S/C10H21NO2/c1-10(2,3)11-6-5-9(13-4)8(12)7-11/h8-9,12H,5-7H2,1-4H3. The van der Waals surface area contributed by atoms with E-state index in [1.54, 1.807) is 7.11 Å².